The monoisotopic (exact) mass is 311 g/mol. The van der Waals surface area contributed by atoms with Crippen molar-refractivity contribution in [2.45, 2.75) is 33.4 Å². The number of hydrogen-bond acceptors (Lipinski definition) is 4. The van der Waals surface area contributed by atoms with E-state index in [4.69, 9.17) is 4.74 Å². The minimum Gasteiger partial charge on any atom is -0.420 e. The molecule has 118 valence electrons. The van der Waals surface area contributed by atoms with Crippen LogP contribution in [0.2, 0.25) is 0 Å². The van der Waals surface area contributed by atoms with Gasteiger partial charge < -0.3 is 4.74 Å². The van der Waals surface area contributed by atoms with E-state index in [0.29, 0.717) is 18.4 Å². The van der Waals surface area contributed by atoms with Crippen molar-refractivity contribution in [3.05, 3.63) is 47.7 Å². The molecule has 0 aliphatic heterocycles. The molecule has 0 atom stereocenters. The summed E-state index contributed by atoms with van der Waals surface area (Å²) >= 11 is 0. The molecule has 0 saturated heterocycles. The molecule has 0 aromatic carbocycles. The molecular weight excluding hydrogens is 295 g/mol. The highest BCUT2D eigenvalue weighted by Crippen LogP contribution is 2.24. The van der Waals surface area contributed by atoms with E-state index in [0.717, 1.165) is 12.6 Å². The predicted octanol–water partition coefficient (Wildman–Crippen LogP) is 3.93. The second-order valence-electron chi connectivity index (χ2n) is 4.33. The maximum Gasteiger partial charge on any atom is 0.413 e. The molecule has 0 radical (unpaired) electrons. The van der Waals surface area contributed by atoms with Gasteiger partial charge in [-0.2, -0.15) is 18.2 Å². The summed E-state index contributed by atoms with van der Waals surface area (Å²) in [5.74, 6) is 0.602. The molecular formula is C15H16F3N3O. The summed E-state index contributed by atoms with van der Waals surface area (Å²) in [5, 5.41) is 0. The summed E-state index contributed by atoms with van der Waals surface area (Å²) in [4.78, 5) is 11.9. The van der Waals surface area contributed by atoms with E-state index in [9.17, 15) is 13.2 Å². The highest BCUT2D eigenvalue weighted by molar-refractivity contribution is 5.89. The van der Waals surface area contributed by atoms with Crippen molar-refractivity contribution in [1.82, 2.24) is 9.97 Å². The van der Waals surface area contributed by atoms with Crippen LogP contribution in [0.4, 0.5) is 13.2 Å². The first-order valence-corrected chi connectivity index (χ1v) is 6.46. The van der Waals surface area contributed by atoms with E-state index in [2.05, 4.69) is 27.3 Å². The number of aryl methyl sites for hydroxylation is 2. The third-order valence-electron chi connectivity index (χ3n) is 2.50. The summed E-state index contributed by atoms with van der Waals surface area (Å²) in [6.07, 6.45) is -1.86. The summed E-state index contributed by atoms with van der Waals surface area (Å²) < 4.78 is 42.7. The maximum absolute atomic E-state index is 12.4. The Balaban J connectivity index is 3.08. The molecule has 7 heteroatoms. The van der Waals surface area contributed by atoms with E-state index < -0.39 is 11.7 Å². The van der Waals surface area contributed by atoms with Crippen molar-refractivity contribution in [3.8, 4) is 5.88 Å². The van der Waals surface area contributed by atoms with E-state index in [-0.39, 0.29) is 11.8 Å². The van der Waals surface area contributed by atoms with Crippen molar-refractivity contribution in [1.29, 1.82) is 0 Å². The SMILES string of the molecule is C=C=CC(=N/C=C(\C)C(F)(F)F)Oc1cc(CC)nc(C)n1. The molecule has 1 heterocycles. The van der Waals surface area contributed by atoms with Crippen molar-refractivity contribution in [2.75, 3.05) is 0 Å². The van der Waals surface area contributed by atoms with Crippen LogP contribution in [0.15, 0.2) is 41.2 Å². The zero-order valence-electron chi connectivity index (χ0n) is 12.5. The van der Waals surface area contributed by atoms with E-state index in [1.165, 1.54) is 6.08 Å². The molecule has 0 spiro atoms. The van der Waals surface area contributed by atoms with Crippen molar-refractivity contribution in [3.63, 3.8) is 0 Å². The molecule has 1 aromatic heterocycles. The smallest absolute Gasteiger partial charge is 0.413 e. The average Bonchev–Trinajstić information content (AvgIpc) is 2.42. The van der Waals surface area contributed by atoms with Crippen LogP contribution in [-0.4, -0.2) is 22.0 Å². The Labute approximate surface area is 126 Å². The number of rotatable bonds is 4. The van der Waals surface area contributed by atoms with Gasteiger partial charge in [-0.3, -0.25) is 0 Å². The molecule has 0 unspecified atom stereocenters. The molecule has 1 aromatic rings. The van der Waals surface area contributed by atoms with Crippen LogP contribution in [0.25, 0.3) is 0 Å². The summed E-state index contributed by atoms with van der Waals surface area (Å²) in [5.41, 5.74) is 2.32. The Morgan fingerprint density at radius 1 is 1.45 bits per heavy atom. The number of halogens is 3. The quantitative estimate of drug-likeness (QED) is 0.481. The van der Waals surface area contributed by atoms with Gasteiger partial charge >= 0.3 is 6.18 Å². The van der Waals surface area contributed by atoms with E-state index >= 15 is 0 Å². The maximum atomic E-state index is 12.4. The first kappa shape index (κ1) is 17.7. The minimum atomic E-state index is -4.44. The summed E-state index contributed by atoms with van der Waals surface area (Å²) in [6.45, 7) is 7.88. The topological polar surface area (TPSA) is 47.4 Å². The van der Waals surface area contributed by atoms with E-state index in [1.807, 2.05) is 6.92 Å². The van der Waals surface area contributed by atoms with E-state index in [1.54, 1.807) is 13.0 Å². The zero-order chi connectivity index (χ0) is 16.8. The number of aromatic nitrogens is 2. The predicted molar refractivity (Wildman–Crippen MR) is 77.7 cm³/mol. The summed E-state index contributed by atoms with van der Waals surface area (Å²) in [7, 11) is 0. The number of nitrogens with zero attached hydrogens (tertiary/aromatic N) is 3. The standard InChI is InChI=1S/C15H16F3N3O/c1-5-7-13(19-9-10(3)15(16,17)18)22-14-8-12(6-2)20-11(4)21-14/h7-9H,1,6H2,2-4H3/b10-9+,19-13?. The molecule has 0 saturated carbocycles. The molecule has 0 amide bonds. The largest absolute Gasteiger partial charge is 0.420 e. The molecule has 0 fully saturated rings. The van der Waals surface area contributed by atoms with Gasteiger partial charge in [0, 0.05) is 29.6 Å². The van der Waals surface area contributed by atoms with Crippen LogP contribution >= 0.6 is 0 Å². The van der Waals surface area contributed by atoms with Gasteiger partial charge in [-0.25, -0.2) is 9.98 Å². The molecule has 0 aliphatic carbocycles. The van der Waals surface area contributed by atoms with Crippen LogP contribution in [0.5, 0.6) is 5.88 Å². The highest BCUT2D eigenvalue weighted by atomic mass is 19.4. The number of ether oxygens (including phenoxy) is 1. The van der Waals surface area contributed by atoms with Gasteiger partial charge in [0.2, 0.25) is 11.8 Å². The Morgan fingerprint density at radius 2 is 2.14 bits per heavy atom. The lowest BCUT2D eigenvalue weighted by molar-refractivity contribution is -0.0914. The van der Waals surface area contributed by atoms with Crippen molar-refractivity contribution in [2.24, 2.45) is 4.99 Å². The second-order valence-corrected chi connectivity index (χ2v) is 4.33. The molecule has 0 N–H and O–H groups in total. The van der Waals surface area contributed by atoms with Crippen LogP contribution in [0.1, 0.15) is 25.4 Å². The molecule has 0 bridgehead atoms. The number of alkyl halides is 3. The van der Waals surface area contributed by atoms with Gasteiger partial charge in [-0.1, -0.05) is 13.5 Å². The molecule has 0 aliphatic rings. The van der Waals surface area contributed by atoms with Gasteiger partial charge in [0.15, 0.2) is 0 Å². The van der Waals surface area contributed by atoms with Crippen molar-refractivity contribution >= 4 is 5.90 Å². The van der Waals surface area contributed by atoms with Crippen molar-refractivity contribution < 1.29 is 17.9 Å². The second kappa shape index (κ2) is 7.56. The van der Waals surface area contributed by atoms with Crippen LogP contribution in [-0.2, 0) is 6.42 Å². The number of allylic oxidation sites excluding steroid dienone is 1. The van der Waals surface area contributed by atoms with Crippen LogP contribution in [0, 0.1) is 6.92 Å². The lowest BCUT2D eigenvalue weighted by Crippen LogP contribution is -2.10. The van der Waals surface area contributed by atoms with Crippen LogP contribution < -0.4 is 4.74 Å². The van der Waals surface area contributed by atoms with Gasteiger partial charge in [0.05, 0.1) is 0 Å². The summed E-state index contributed by atoms with van der Waals surface area (Å²) in [6, 6.07) is 1.60. The normalized spacial score (nSPS) is 12.8. The Kier molecular flexibility index (Phi) is 6.07. The lowest BCUT2D eigenvalue weighted by Gasteiger charge is -2.07. The fourth-order valence-electron chi connectivity index (χ4n) is 1.35. The molecule has 22 heavy (non-hydrogen) atoms. The fourth-order valence-corrected chi connectivity index (χ4v) is 1.35. The Hall–Kier alpha value is -2.40. The third-order valence-corrected chi connectivity index (χ3v) is 2.50. The molecule has 1 rings (SSSR count). The number of hydrogen-bond donors (Lipinski definition) is 0. The zero-order valence-corrected chi connectivity index (χ0v) is 12.5. The Bertz CT molecular complexity index is 642. The molecule has 4 nitrogen and oxygen atoms in total. The third kappa shape index (κ3) is 5.54. The van der Waals surface area contributed by atoms with Gasteiger partial charge in [-0.05, 0) is 20.3 Å². The lowest BCUT2D eigenvalue weighted by atomic mass is 10.3. The average molecular weight is 311 g/mol. The van der Waals surface area contributed by atoms with Crippen LogP contribution in [0.3, 0.4) is 0 Å². The first-order chi connectivity index (χ1) is 10.3. The Morgan fingerprint density at radius 3 is 2.68 bits per heavy atom. The number of aliphatic imine (C=N–C) groups is 1. The fraction of sp³-hybridized carbons (Fsp3) is 0.333. The highest BCUT2D eigenvalue weighted by Gasteiger charge is 2.29. The van der Waals surface area contributed by atoms with Gasteiger partial charge in [0.25, 0.3) is 0 Å². The van der Waals surface area contributed by atoms with Gasteiger partial charge in [0.1, 0.15) is 5.82 Å². The first-order valence-electron chi connectivity index (χ1n) is 6.46. The van der Waals surface area contributed by atoms with Gasteiger partial charge in [-0.15, -0.1) is 5.73 Å². The minimum absolute atomic E-state index is 0.0984.